The summed E-state index contributed by atoms with van der Waals surface area (Å²) in [6.45, 7) is 4.89. The highest BCUT2D eigenvalue weighted by atomic mass is 16.5. The van der Waals surface area contributed by atoms with Crippen molar-refractivity contribution in [3.63, 3.8) is 0 Å². The largest absolute Gasteiger partial charge is 0.339 e. The molecule has 1 saturated heterocycles. The molecule has 5 nitrogen and oxygen atoms in total. The van der Waals surface area contributed by atoms with Crippen molar-refractivity contribution in [3.05, 3.63) is 11.7 Å². The SMILES string of the molecule is CC(C)c1noc(C2CCC(=O)N(C3CCCCCC3)C2)n1. The Hall–Kier alpha value is -1.39. The summed E-state index contributed by atoms with van der Waals surface area (Å²) in [5, 5.41) is 4.07. The van der Waals surface area contributed by atoms with Crippen molar-refractivity contribution < 1.29 is 9.32 Å². The standard InChI is InChI=1S/C17H27N3O2/c1-12(2)16-18-17(22-19-16)13-9-10-15(21)20(11-13)14-7-5-3-4-6-8-14/h12-14H,3-11H2,1-2H3. The average molecular weight is 305 g/mol. The topological polar surface area (TPSA) is 59.2 Å². The summed E-state index contributed by atoms with van der Waals surface area (Å²) in [5.41, 5.74) is 0. The lowest BCUT2D eigenvalue weighted by molar-refractivity contribution is -0.136. The van der Waals surface area contributed by atoms with Crippen molar-refractivity contribution in [2.75, 3.05) is 6.54 Å². The summed E-state index contributed by atoms with van der Waals surface area (Å²) in [6.07, 6.45) is 8.86. The van der Waals surface area contributed by atoms with Gasteiger partial charge in [-0.1, -0.05) is 44.7 Å². The van der Waals surface area contributed by atoms with Crippen molar-refractivity contribution >= 4 is 5.91 Å². The lowest BCUT2D eigenvalue weighted by Crippen LogP contribution is -2.45. The summed E-state index contributed by atoms with van der Waals surface area (Å²) in [7, 11) is 0. The van der Waals surface area contributed by atoms with Gasteiger partial charge in [-0.2, -0.15) is 4.98 Å². The van der Waals surface area contributed by atoms with Crippen LogP contribution in [0.4, 0.5) is 0 Å². The molecule has 2 heterocycles. The Morgan fingerprint density at radius 2 is 1.86 bits per heavy atom. The van der Waals surface area contributed by atoms with Crippen LogP contribution < -0.4 is 0 Å². The third-order valence-electron chi connectivity index (χ3n) is 5.03. The molecule has 2 fully saturated rings. The predicted molar refractivity (Wildman–Crippen MR) is 83.6 cm³/mol. The van der Waals surface area contributed by atoms with Crippen molar-refractivity contribution in [1.82, 2.24) is 15.0 Å². The average Bonchev–Trinajstić information content (AvgIpc) is 2.85. The second-order valence-electron chi connectivity index (χ2n) is 7.07. The second kappa shape index (κ2) is 6.80. The molecule has 0 bridgehead atoms. The molecular formula is C17H27N3O2. The van der Waals surface area contributed by atoms with E-state index in [0.29, 0.717) is 18.4 Å². The van der Waals surface area contributed by atoms with E-state index in [1.165, 1.54) is 25.7 Å². The van der Waals surface area contributed by atoms with Crippen LogP contribution >= 0.6 is 0 Å². The first-order valence-corrected chi connectivity index (χ1v) is 8.78. The third kappa shape index (κ3) is 3.33. The first kappa shape index (κ1) is 15.5. The Morgan fingerprint density at radius 3 is 2.50 bits per heavy atom. The van der Waals surface area contributed by atoms with E-state index in [-0.39, 0.29) is 11.8 Å². The van der Waals surface area contributed by atoms with E-state index in [2.05, 4.69) is 28.9 Å². The second-order valence-corrected chi connectivity index (χ2v) is 7.07. The number of aromatic nitrogens is 2. The van der Waals surface area contributed by atoms with Gasteiger partial charge in [0.15, 0.2) is 5.82 Å². The molecular weight excluding hydrogens is 278 g/mol. The van der Waals surface area contributed by atoms with Crippen LogP contribution in [-0.2, 0) is 4.79 Å². The van der Waals surface area contributed by atoms with E-state index < -0.39 is 0 Å². The fourth-order valence-electron chi connectivity index (χ4n) is 3.64. The first-order chi connectivity index (χ1) is 10.6. The van der Waals surface area contributed by atoms with E-state index in [9.17, 15) is 4.79 Å². The number of hydrogen-bond donors (Lipinski definition) is 0. The van der Waals surface area contributed by atoms with Gasteiger partial charge in [0.1, 0.15) is 0 Å². The summed E-state index contributed by atoms with van der Waals surface area (Å²) in [6, 6.07) is 0.422. The van der Waals surface area contributed by atoms with Gasteiger partial charge in [-0.15, -0.1) is 0 Å². The van der Waals surface area contributed by atoms with Gasteiger partial charge >= 0.3 is 0 Å². The Labute approximate surface area is 132 Å². The molecule has 0 N–H and O–H groups in total. The Balaban J connectivity index is 1.70. The monoisotopic (exact) mass is 305 g/mol. The van der Waals surface area contributed by atoms with Gasteiger partial charge in [0.05, 0.1) is 5.92 Å². The van der Waals surface area contributed by atoms with Gasteiger partial charge in [-0.05, 0) is 19.3 Å². The van der Waals surface area contributed by atoms with Crippen LogP contribution in [0.2, 0.25) is 0 Å². The fraction of sp³-hybridized carbons (Fsp3) is 0.824. The van der Waals surface area contributed by atoms with Gasteiger partial charge in [-0.3, -0.25) is 4.79 Å². The number of piperidine rings is 1. The number of carbonyl (C=O) groups excluding carboxylic acids is 1. The van der Waals surface area contributed by atoms with Crippen LogP contribution in [0.5, 0.6) is 0 Å². The highest BCUT2D eigenvalue weighted by Gasteiger charge is 2.34. The molecule has 1 aromatic heterocycles. The molecule has 1 amide bonds. The van der Waals surface area contributed by atoms with Gasteiger partial charge in [-0.25, -0.2) is 0 Å². The minimum absolute atomic E-state index is 0.209. The molecule has 1 aliphatic heterocycles. The predicted octanol–water partition coefficient (Wildman–Crippen LogP) is 3.62. The Bertz CT molecular complexity index is 504. The van der Waals surface area contributed by atoms with Crippen LogP contribution in [0.3, 0.4) is 0 Å². The Morgan fingerprint density at radius 1 is 1.14 bits per heavy atom. The summed E-state index contributed by atoms with van der Waals surface area (Å²) in [5.74, 6) is 2.29. The van der Waals surface area contributed by atoms with Crippen LogP contribution in [0.25, 0.3) is 0 Å². The zero-order chi connectivity index (χ0) is 15.5. The molecule has 122 valence electrons. The number of hydrogen-bond acceptors (Lipinski definition) is 4. The van der Waals surface area contributed by atoms with Crippen LogP contribution in [0, 0.1) is 0 Å². The maximum atomic E-state index is 12.4. The van der Waals surface area contributed by atoms with Crippen LogP contribution in [0.15, 0.2) is 4.52 Å². The smallest absolute Gasteiger partial charge is 0.231 e. The zero-order valence-corrected chi connectivity index (χ0v) is 13.8. The summed E-state index contributed by atoms with van der Waals surface area (Å²) < 4.78 is 5.46. The maximum Gasteiger partial charge on any atom is 0.231 e. The molecule has 22 heavy (non-hydrogen) atoms. The highest BCUT2D eigenvalue weighted by Crippen LogP contribution is 2.31. The summed E-state index contributed by atoms with van der Waals surface area (Å²) in [4.78, 5) is 19.0. The van der Waals surface area contributed by atoms with E-state index in [1.54, 1.807) is 0 Å². The Kier molecular flexibility index (Phi) is 4.79. The molecule has 2 aliphatic rings. The van der Waals surface area contributed by atoms with E-state index >= 15 is 0 Å². The van der Waals surface area contributed by atoms with E-state index in [4.69, 9.17) is 4.52 Å². The molecule has 1 aromatic rings. The maximum absolute atomic E-state index is 12.4. The molecule has 1 aliphatic carbocycles. The van der Waals surface area contributed by atoms with Crippen molar-refractivity contribution in [2.45, 2.75) is 83.1 Å². The minimum Gasteiger partial charge on any atom is -0.339 e. The first-order valence-electron chi connectivity index (χ1n) is 8.78. The molecule has 3 rings (SSSR count). The number of rotatable bonds is 3. The van der Waals surface area contributed by atoms with E-state index in [1.807, 2.05) is 0 Å². The van der Waals surface area contributed by atoms with Crippen molar-refractivity contribution in [3.8, 4) is 0 Å². The third-order valence-corrected chi connectivity index (χ3v) is 5.03. The molecule has 0 aromatic carbocycles. The van der Waals surface area contributed by atoms with Gasteiger partial charge in [0.25, 0.3) is 0 Å². The highest BCUT2D eigenvalue weighted by molar-refractivity contribution is 5.77. The molecule has 1 atom stereocenters. The number of amides is 1. The fourth-order valence-corrected chi connectivity index (χ4v) is 3.64. The van der Waals surface area contributed by atoms with Crippen molar-refractivity contribution in [1.29, 1.82) is 0 Å². The normalized spacial score (nSPS) is 24.8. The molecule has 0 radical (unpaired) electrons. The number of likely N-dealkylation sites (tertiary alicyclic amines) is 1. The molecule has 5 heteroatoms. The van der Waals surface area contributed by atoms with Crippen LogP contribution in [0.1, 0.15) is 88.8 Å². The zero-order valence-electron chi connectivity index (χ0n) is 13.8. The summed E-state index contributed by atoms with van der Waals surface area (Å²) >= 11 is 0. The lowest BCUT2D eigenvalue weighted by Gasteiger charge is -2.37. The van der Waals surface area contributed by atoms with Crippen LogP contribution in [-0.4, -0.2) is 33.5 Å². The van der Waals surface area contributed by atoms with Gasteiger partial charge < -0.3 is 9.42 Å². The lowest BCUT2D eigenvalue weighted by atomic mass is 9.94. The molecule has 1 unspecified atom stereocenters. The minimum atomic E-state index is 0.209. The molecule has 1 saturated carbocycles. The number of nitrogens with zero attached hydrogens (tertiary/aromatic N) is 3. The van der Waals surface area contributed by atoms with Gasteiger partial charge in [0.2, 0.25) is 11.8 Å². The van der Waals surface area contributed by atoms with Gasteiger partial charge in [0, 0.05) is 24.9 Å². The van der Waals surface area contributed by atoms with Crippen molar-refractivity contribution in [2.24, 2.45) is 0 Å². The molecule has 0 spiro atoms. The quantitative estimate of drug-likeness (QED) is 0.800. The van der Waals surface area contributed by atoms with E-state index in [0.717, 1.165) is 37.5 Å². The number of carbonyl (C=O) groups is 1.